The molecule has 0 unspecified atom stereocenters. The molecule has 1 aliphatic heterocycles. The second-order valence-electron chi connectivity index (χ2n) is 2.74. The average molecular weight is 213 g/mol. The van der Waals surface area contributed by atoms with Gasteiger partial charge in [-0.15, -0.1) is 0 Å². The molecule has 0 spiro atoms. The lowest BCUT2D eigenvalue weighted by Crippen LogP contribution is -2.40. The number of aromatic nitrogens is 1. The molecule has 1 aliphatic rings. The molecule has 1 aromatic rings. The van der Waals surface area contributed by atoms with Gasteiger partial charge < -0.3 is 5.32 Å². The molecule has 0 amide bonds. The molecule has 0 radical (unpaired) electrons. The Morgan fingerprint density at radius 3 is 2.91 bits per heavy atom. The predicted molar refractivity (Wildman–Crippen MR) is 47.5 cm³/mol. The van der Waals surface area contributed by atoms with Gasteiger partial charge in [0.2, 0.25) is 0 Å². The Labute approximate surface area is 74.2 Å². The van der Waals surface area contributed by atoms with Crippen molar-refractivity contribution in [2.75, 3.05) is 13.1 Å². The van der Waals surface area contributed by atoms with Gasteiger partial charge in [0.25, 0.3) is 0 Å². The number of nitrogens with one attached hydrogen (secondary N) is 1. The van der Waals surface area contributed by atoms with Crippen LogP contribution < -0.4 is 5.32 Å². The van der Waals surface area contributed by atoms with Crippen LogP contribution in [0.5, 0.6) is 0 Å². The second kappa shape index (κ2) is 2.91. The zero-order valence-electron chi connectivity index (χ0n) is 6.05. The van der Waals surface area contributed by atoms with E-state index < -0.39 is 0 Å². The van der Waals surface area contributed by atoms with E-state index in [4.69, 9.17) is 0 Å². The average Bonchev–Trinajstić information content (AvgIpc) is 1.90. The summed E-state index contributed by atoms with van der Waals surface area (Å²) in [6.45, 7) is 2.18. The van der Waals surface area contributed by atoms with E-state index in [2.05, 4.69) is 32.3 Å². The van der Waals surface area contributed by atoms with Gasteiger partial charge in [-0.3, -0.25) is 0 Å². The molecule has 0 aromatic carbocycles. The maximum Gasteiger partial charge on any atom is 0.109 e. The highest BCUT2D eigenvalue weighted by Gasteiger charge is 2.20. The van der Waals surface area contributed by atoms with Crippen LogP contribution in [0.2, 0.25) is 0 Å². The Hall–Kier alpha value is -0.410. The van der Waals surface area contributed by atoms with Crippen molar-refractivity contribution in [1.82, 2.24) is 10.3 Å². The summed E-state index contributed by atoms with van der Waals surface area (Å²) in [7, 11) is 0. The summed E-state index contributed by atoms with van der Waals surface area (Å²) in [5.41, 5.74) is 1.33. The molecule has 2 nitrogen and oxygen atoms in total. The lowest BCUT2D eigenvalue weighted by Gasteiger charge is -2.27. The van der Waals surface area contributed by atoms with Crippen molar-refractivity contribution in [3.8, 4) is 0 Å². The van der Waals surface area contributed by atoms with Gasteiger partial charge in [0, 0.05) is 25.2 Å². The second-order valence-corrected chi connectivity index (χ2v) is 3.49. The van der Waals surface area contributed by atoms with Crippen LogP contribution in [-0.2, 0) is 0 Å². The Bertz CT molecular complexity index is 258. The summed E-state index contributed by atoms with van der Waals surface area (Å²) in [6.07, 6.45) is 1.81. The fraction of sp³-hybridized carbons (Fsp3) is 0.375. The van der Waals surface area contributed by atoms with Crippen LogP contribution in [0.4, 0.5) is 0 Å². The highest BCUT2D eigenvalue weighted by atomic mass is 79.9. The van der Waals surface area contributed by atoms with E-state index in [1.807, 2.05) is 6.07 Å². The van der Waals surface area contributed by atoms with Gasteiger partial charge >= 0.3 is 0 Å². The molecule has 2 rings (SSSR count). The number of nitrogens with zero attached hydrogens (tertiary/aromatic N) is 1. The number of pyridine rings is 1. The molecule has 11 heavy (non-hydrogen) atoms. The number of rotatable bonds is 1. The molecule has 58 valence electrons. The first-order valence-corrected chi connectivity index (χ1v) is 4.48. The lowest BCUT2D eigenvalue weighted by atomic mass is 9.95. The third kappa shape index (κ3) is 1.30. The van der Waals surface area contributed by atoms with Crippen LogP contribution in [0.15, 0.2) is 22.9 Å². The number of hydrogen-bond donors (Lipinski definition) is 1. The zero-order chi connectivity index (χ0) is 7.68. The quantitative estimate of drug-likeness (QED) is 0.715. The van der Waals surface area contributed by atoms with Crippen LogP contribution in [0, 0.1) is 0 Å². The van der Waals surface area contributed by atoms with E-state index in [1.165, 1.54) is 5.56 Å². The van der Waals surface area contributed by atoms with E-state index in [0.29, 0.717) is 5.92 Å². The Morgan fingerprint density at radius 2 is 2.36 bits per heavy atom. The topological polar surface area (TPSA) is 24.9 Å². The third-order valence-electron chi connectivity index (χ3n) is 2.01. The molecule has 1 saturated heterocycles. The first-order valence-electron chi connectivity index (χ1n) is 3.69. The highest BCUT2D eigenvalue weighted by Crippen LogP contribution is 2.25. The van der Waals surface area contributed by atoms with Gasteiger partial charge in [-0.2, -0.15) is 0 Å². The van der Waals surface area contributed by atoms with Crippen LogP contribution >= 0.6 is 15.9 Å². The minimum absolute atomic E-state index is 0.665. The maximum atomic E-state index is 4.17. The number of halogens is 1. The van der Waals surface area contributed by atoms with Gasteiger partial charge in [-0.05, 0) is 27.6 Å². The van der Waals surface area contributed by atoms with Gasteiger partial charge in [-0.1, -0.05) is 6.07 Å². The van der Waals surface area contributed by atoms with Crippen molar-refractivity contribution >= 4 is 15.9 Å². The van der Waals surface area contributed by atoms with Crippen molar-refractivity contribution in [3.05, 3.63) is 28.5 Å². The summed E-state index contributed by atoms with van der Waals surface area (Å²) in [4.78, 5) is 4.17. The van der Waals surface area contributed by atoms with Crippen molar-refractivity contribution in [2.45, 2.75) is 5.92 Å². The SMILES string of the molecule is Brc1ncccc1C1CNC1. The first-order chi connectivity index (χ1) is 5.38. The summed E-state index contributed by atoms with van der Waals surface area (Å²) >= 11 is 3.43. The molecule has 3 heteroatoms. The van der Waals surface area contributed by atoms with Gasteiger partial charge in [0.1, 0.15) is 4.60 Å². The highest BCUT2D eigenvalue weighted by molar-refractivity contribution is 9.10. The van der Waals surface area contributed by atoms with Crippen LogP contribution in [0.1, 0.15) is 11.5 Å². The van der Waals surface area contributed by atoms with Crippen LogP contribution in [-0.4, -0.2) is 18.1 Å². The fourth-order valence-electron chi connectivity index (χ4n) is 1.21. The molecule has 0 bridgehead atoms. The largest absolute Gasteiger partial charge is 0.315 e. The lowest BCUT2D eigenvalue weighted by molar-refractivity contribution is 0.446. The smallest absolute Gasteiger partial charge is 0.109 e. The van der Waals surface area contributed by atoms with E-state index in [1.54, 1.807) is 6.20 Å². The van der Waals surface area contributed by atoms with E-state index in [-0.39, 0.29) is 0 Å². The minimum atomic E-state index is 0.665. The van der Waals surface area contributed by atoms with E-state index in [9.17, 15) is 0 Å². The molecule has 0 aliphatic carbocycles. The van der Waals surface area contributed by atoms with Crippen LogP contribution in [0.3, 0.4) is 0 Å². The van der Waals surface area contributed by atoms with Crippen molar-refractivity contribution < 1.29 is 0 Å². The normalized spacial score (nSPS) is 17.9. The maximum absolute atomic E-state index is 4.17. The van der Waals surface area contributed by atoms with Gasteiger partial charge in [0.05, 0.1) is 0 Å². The van der Waals surface area contributed by atoms with Crippen molar-refractivity contribution in [1.29, 1.82) is 0 Å². The Balaban J connectivity index is 2.28. The molecule has 1 fully saturated rings. The molecule has 0 saturated carbocycles. The molecular weight excluding hydrogens is 204 g/mol. The Kier molecular flexibility index (Phi) is 1.92. The summed E-state index contributed by atoms with van der Waals surface area (Å²) < 4.78 is 0.992. The fourth-order valence-corrected chi connectivity index (χ4v) is 1.79. The van der Waals surface area contributed by atoms with Crippen molar-refractivity contribution in [2.24, 2.45) is 0 Å². The molecule has 2 heterocycles. The van der Waals surface area contributed by atoms with Gasteiger partial charge in [0.15, 0.2) is 0 Å². The van der Waals surface area contributed by atoms with E-state index >= 15 is 0 Å². The molecule has 1 aromatic heterocycles. The summed E-state index contributed by atoms with van der Waals surface area (Å²) in [5, 5.41) is 3.24. The summed E-state index contributed by atoms with van der Waals surface area (Å²) in [6, 6.07) is 4.11. The Morgan fingerprint density at radius 1 is 1.55 bits per heavy atom. The summed E-state index contributed by atoms with van der Waals surface area (Å²) in [5.74, 6) is 0.665. The monoisotopic (exact) mass is 212 g/mol. The first kappa shape index (κ1) is 7.25. The van der Waals surface area contributed by atoms with Gasteiger partial charge in [-0.25, -0.2) is 4.98 Å². The minimum Gasteiger partial charge on any atom is -0.315 e. The predicted octanol–water partition coefficient (Wildman–Crippen LogP) is 1.53. The van der Waals surface area contributed by atoms with E-state index in [0.717, 1.165) is 17.7 Å². The zero-order valence-corrected chi connectivity index (χ0v) is 7.63. The molecule has 0 atom stereocenters. The third-order valence-corrected chi connectivity index (χ3v) is 2.67. The standard InChI is InChI=1S/C8H9BrN2/c9-8-7(2-1-3-11-8)6-4-10-5-6/h1-3,6,10H,4-5H2. The number of hydrogen-bond acceptors (Lipinski definition) is 2. The molecular formula is C8H9BrN2. The molecule has 1 N–H and O–H groups in total. The van der Waals surface area contributed by atoms with Crippen molar-refractivity contribution in [3.63, 3.8) is 0 Å². The van der Waals surface area contributed by atoms with Crippen LogP contribution in [0.25, 0.3) is 0 Å².